The van der Waals surface area contributed by atoms with Gasteiger partial charge in [0.2, 0.25) is 0 Å². The van der Waals surface area contributed by atoms with E-state index >= 15 is 0 Å². The Morgan fingerprint density at radius 2 is 1.57 bits per heavy atom. The number of rotatable bonds is 5. The molecule has 0 aromatic rings. The molecule has 1 rings (SSSR count). The van der Waals surface area contributed by atoms with Gasteiger partial charge in [0, 0.05) is 33.2 Å². The molecule has 0 aromatic heterocycles. The van der Waals surface area contributed by atoms with Gasteiger partial charge in [-0.3, -0.25) is 4.99 Å². The zero-order valence-electron chi connectivity index (χ0n) is 19.5. The van der Waals surface area contributed by atoms with E-state index in [-0.39, 0.29) is 36.1 Å². The molecular formula is C20H40IN5O4. The molecule has 3 N–H and O–H groups in total. The molecule has 0 spiro atoms. The van der Waals surface area contributed by atoms with Gasteiger partial charge in [-0.1, -0.05) is 0 Å². The maximum Gasteiger partial charge on any atom is 0.410 e. The molecule has 2 amide bonds. The van der Waals surface area contributed by atoms with Gasteiger partial charge in [-0.15, -0.1) is 24.0 Å². The number of piperidine rings is 1. The lowest BCUT2D eigenvalue weighted by Gasteiger charge is -2.37. The summed E-state index contributed by atoms with van der Waals surface area (Å²) in [6.45, 7) is 13.3. The summed E-state index contributed by atoms with van der Waals surface area (Å²) in [5.41, 5.74) is -1.03. The van der Waals surface area contributed by atoms with Crippen LogP contribution in [0.15, 0.2) is 4.99 Å². The first-order valence-corrected chi connectivity index (χ1v) is 10.3. The Morgan fingerprint density at radius 3 is 2.13 bits per heavy atom. The lowest BCUT2D eigenvalue weighted by atomic mass is 10.0. The van der Waals surface area contributed by atoms with Crippen LogP contribution in [0.4, 0.5) is 9.59 Å². The van der Waals surface area contributed by atoms with E-state index in [0.717, 1.165) is 19.3 Å². The highest BCUT2D eigenvalue weighted by Gasteiger charge is 2.30. The first-order valence-electron chi connectivity index (χ1n) is 10.3. The first kappa shape index (κ1) is 28.5. The van der Waals surface area contributed by atoms with Crippen molar-refractivity contribution in [3.05, 3.63) is 0 Å². The molecule has 1 unspecified atom stereocenters. The van der Waals surface area contributed by atoms with Crippen molar-refractivity contribution in [2.24, 2.45) is 4.99 Å². The van der Waals surface area contributed by atoms with Gasteiger partial charge < -0.3 is 30.3 Å². The van der Waals surface area contributed by atoms with Crippen LogP contribution in [0.5, 0.6) is 0 Å². The minimum atomic E-state index is -0.519. The Labute approximate surface area is 198 Å². The van der Waals surface area contributed by atoms with Gasteiger partial charge in [-0.25, -0.2) is 9.59 Å². The number of nitrogens with one attached hydrogen (secondary N) is 3. The third-order valence-corrected chi connectivity index (χ3v) is 4.07. The van der Waals surface area contributed by atoms with Gasteiger partial charge in [0.05, 0.1) is 6.04 Å². The molecule has 0 bridgehead atoms. The minimum Gasteiger partial charge on any atom is -0.444 e. The van der Waals surface area contributed by atoms with E-state index < -0.39 is 17.3 Å². The monoisotopic (exact) mass is 541 g/mol. The van der Waals surface area contributed by atoms with Crippen LogP contribution in [-0.4, -0.2) is 73.5 Å². The van der Waals surface area contributed by atoms with Crippen LogP contribution in [0.3, 0.4) is 0 Å². The van der Waals surface area contributed by atoms with Crippen LogP contribution in [0.1, 0.15) is 60.8 Å². The average Bonchev–Trinajstić information content (AvgIpc) is 2.58. The number of likely N-dealkylation sites (tertiary alicyclic amines) is 1. The smallest absolute Gasteiger partial charge is 0.410 e. The van der Waals surface area contributed by atoms with Crippen molar-refractivity contribution in [1.29, 1.82) is 0 Å². The molecule has 1 aliphatic heterocycles. The number of ether oxygens (including phenoxy) is 2. The molecule has 0 aliphatic carbocycles. The summed E-state index contributed by atoms with van der Waals surface area (Å²) in [6.07, 6.45) is 2.27. The number of carbonyl (C=O) groups is 2. The fraction of sp³-hybridized carbons (Fsp3) is 0.850. The zero-order valence-corrected chi connectivity index (χ0v) is 21.8. The number of amides is 2. The van der Waals surface area contributed by atoms with Gasteiger partial charge in [0.15, 0.2) is 5.96 Å². The van der Waals surface area contributed by atoms with Crippen LogP contribution < -0.4 is 16.0 Å². The highest BCUT2D eigenvalue weighted by Crippen LogP contribution is 2.20. The van der Waals surface area contributed by atoms with Crippen molar-refractivity contribution in [3.8, 4) is 0 Å². The maximum absolute atomic E-state index is 12.5. The van der Waals surface area contributed by atoms with Gasteiger partial charge >= 0.3 is 12.2 Å². The number of carbonyl (C=O) groups excluding carboxylic acids is 2. The van der Waals surface area contributed by atoms with Crippen LogP contribution in [0, 0.1) is 0 Å². The molecule has 30 heavy (non-hydrogen) atoms. The summed E-state index contributed by atoms with van der Waals surface area (Å²) in [5, 5.41) is 9.09. The van der Waals surface area contributed by atoms with E-state index in [1.807, 2.05) is 41.5 Å². The Hall–Kier alpha value is -1.46. The highest BCUT2D eigenvalue weighted by molar-refractivity contribution is 14.0. The Balaban J connectivity index is 0.00000841. The molecule has 1 atom stereocenters. The maximum atomic E-state index is 12.5. The molecule has 176 valence electrons. The summed E-state index contributed by atoms with van der Waals surface area (Å²) in [6, 6.07) is 0.0528. The molecule has 0 saturated carbocycles. The van der Waals surface area contributed by atoms with E-state index in [1.54, 1.807) is 11.9 Å². The fourth-order valence-electron chi connectivity index (χ4n) is 2.87. The molecule has 0 radical (unpaired) electrons. The van der Waals surface area contributed by atoms with Crippen molar-refractivity contribution < 1.29 is 19.1 Å². The third-order valence-electron chi connectivity index (χ3n) is 4.07. The van der Waals surface area contributed by atoms with Crippen LogP contribution >= 0.6 is 24.0 Å². The third kappa shape index (κ3) is 12.3. The molecular weight excluding hydrogens is 501 g/mol. The molecule has 1 saturated heterocycles. The van der Waals surface area contributed by atoms with Crippen LogP contribution in [0.2, 0.25) is 0 Å². The minimum absolute atomic E-state index is 0. The predicted molar refractivity (Wildman–Crippen MR) is 130 cm³/mol. The average molecular weight is 541 g/mol. The molecule has 1 heterocycles. The second-order valence-electron chi connectivity index (χ2n) is 9.13. The Morgan fingerprint density at radius 1 is 0.967 bits per heavy atom. The molecule has 1 fully saturated rings. The Kier molecular flexibility index (Phi) is 12.4. The number of halogens is 1. The van der Waals surface area contributed by atoms with Gasteiger partial charge in [-0.05, 0) is 60.8 Å². The standard InChI is InChI=1S/C20H39N5O4.HI/c1-19(2,3)28-17(26)23-12-11-22-16(21-7)24-14-15-10-8-9-13-25(15)18(27)29-20(4,5)6;/h15H,8-14H2,1-7H3,(H,23,26)(H2,21,22,24);1H. The molecule has 10 heteroatoms. The number of alkyl carbamates (subject to hydrolysis) is 1. The van der Waals surface area contributed by atoms with Crippen molar-refractivity contribution in [2.45, 2.75) is 78.0 Å². The van der Waals surface area contributed by atoms with Crippen molar-refractivity contribution in [2.75, 3.05) is 33.2 Å². The van der Waals surface area contributed by atoms with E-state index in [2.05, 4.69) is 20.9 Å². The van der Waals surface area contributed by atoms with Gasteiger partial charge in [0.1, 0.15) is 11.2 Å². The number of guanidine groups is 1. The van der Waals surface area contributed by atoms with E-state index in [1.165, 1.54) is 0 Å². The largest absolute Gasteiger partial charge is 0.444 e. The first-order chi connectivity index (χ1) is 13.4. The highest BCUT2D eigenvalue weighted by atomic mass is 127. The number of hydrogen-bond donors (Lipinski definition) is 3. The zero-order chi connectivity index (χ0) is 22.1. The quantitative estimate of drug-likeness (QED) is 0.214. The summed E-state index contributed by atoms with van der Waals surface area (Å²) in [4.78, 5) is 30.1. The topological polar surface area (TPSA) is 104 Å². The number of nitrogens with zero attached hydrogens (tertiary/aromatic N) is 2. The van der Waals surface area contributed by atoms with Crippen LogP contribution in [0.25, 0.3) is 0 Å². The molecule has 0 aromatic carbocycles. The number of aliphatic imine (C=N–C) groups is 1. The van der Waals surface area contributed by atoms with Gasteiger partial charge in [-0.2, -0.15) is 0 Å². The van der Waals surface area contributed by atoms with E-state index in [0.29, 0.717) is 32.1 Å². The van der Waals surface area contributed by atoms with E-state index in [4.69, 9.17) is 9.47 Å². The fourth-order valence-corrected chi connectivity index (χ4v) is 2.87. The van der Waals surface area contributed by atoms with Gasteiger partial charge in [0.25, 0.3) is 0 Å². The van der Waals surface area contributed by atoms with E-state index in [9.17, 15) is 9.59 Å². The predicted octanol–water partition coefficient (Wildman–Crippen LogP) is 3.08. The Bertz CT molecular complexity index is 573. The summed E-state index contributed by atoms with van der Waals surface area (Å²) >= 11 is 0. The summed E-state index contributed by atoms with van der Waals surface area (Å²) < 4.78 is 10.7. The lowest BCUT2D eigenvalue weighted by molar-refractivity contribution is 0.0104. The molecule has 1 aliphatic rings. The second-order valence-corrected chi connectivity index (χ2v) is 9.13. The lowest BCUT2D eigenvalue weighted by Crippen LogP contribution is -2.52. The van der Waals surface area contributed by atoms with Crippen molar-refractivity contribution in [1.82, 2.24) is 20.9 Å². The SMILES string of the molecule is CN=C(NCCNC(=O)OC(C)(C)C)NCC1CCCCN1C(=O)OC(C)(C)C.I. The second kappa shape index (κ2) is 13.1. The normalized spacial score (nSPS) is 17.5. The summed E-state index contributed by atoms with van der Waals surface area (Å²) in [7, 11) is 1.68. The van der Waals surface area contributed by atoms with Crippen molar-refractivity contribution in [3.63, 3.8) is 0 Å². The summed E-state index contributed by atoms with van der Waals surface area (Å²) in [5.74, 6) is 0.616. The van der Waals surface area contributed by atoms with Crippen LogP contribution in [-0.2, 0) is 9.47 Å². The molecule has 9 nitrogen and oxygen atoms in total. The van der Waals surface area contributed by atoms with Crippen molar-refractivity contribution >= 4 is 42.1 Å². The number of hydrogen-bond acceptors (Lipinski definition) is 5.